The second kappa shape index (κ2) is 12.9. The third kappa shape index (κ3) is 5.47. The van der Waals surface area contributed by atoms with Gasteiger partial charge in [-0.05, 0) is 103 Å². The number of allylic oxidation sites excluding steroid dienone is 2. The van der Waals surface area contributed by atoms with Gasteiger partial charge >= 0.3 is 5.97 Å². The van der Waals surface area contributed by atoms with E-state index in [0.717, 1.165) is 38.5 Å². The molecule has 0 aromatic carbocycles. The first kappa shape index (κ1) is 39.1. The maximum atomic E-state index is 13.1. The van der Waals surface area contributed by atoms with Crippen LogP contribution in [0.1, 0.15) is 106 Å². The standard InChI is InChI=1S/C40H64O12/c1-35(2)12-14-40(34(47)48)15-13-38(6)20(21(40)16-35)8-9-26-37(5)17-22(49-32-29(45)27(43)23(18-41)50-32)31(36(3,4)25(37)10-11-39(26,38)7)52-33-30(46)28(44)24(19-42)51-33/h8,21-33,41-46H,9-19H2,1-7H3,(H,47,48)/t21-,22+,23+,24+,25-,26+,27+,28+,29+,30+,31-,32?,33?,37-,38+,39+,40-/m0/s1. The molecule has 296 valence electrons. The number of rotatable bonds is 7. The van der Waals surface area contributed by atoms with Crippen LogP contribution < -0.4 is 0 Å². The van der Waals surface area contributed by atoms with Gasteiger partial charge in [0.2, 0.25) is 0 Å². The van der Waals surface area contributed by atoms with E-state index in [4.69, 9.17) is 18.9 Å². The summed E-state index contributed by atoms with van der Waals surface area (Å²) < 4.78 is 24.9. The molecule has 6 fully saturated rings. The van der Waals surface area contributed by atoms with Gasteiger partial charge in [0.05, 0.1) is 30.8 Å². The van der Waals surface area contributed by atoms with E-state index in [0.29, 0.717) is 19.3 Å². The molecule has 5 aliphatic carbocycles. The summed E-state index contributed by atoms with van der Waals surface area (Å²) >= 11 is 0. The fourth-order valence-corrected chi connectivity index (χ4v) is 13.4. The first-order chi connectivity index (χ1) is 24.2. The van der Waals surface area contributed by atoms with Gasteiger partial charge in [0.1, 0.15) is 36.6 Å². The number of carboxylic acids is 1. The number of aliphatic carboxylic acids is 1. The van der Waals surface area contributed by atoms with Crippen LogP contribution >= 0.6 is 0 Å². The van der Waals surface area contributed by atoms with E-state index in [2.05, 4.69) is 54.5 Å². The lowest BCUT2D eigenvalue weighted by Crippen LogP contribution is -2.68. The number of aliphatic hydroxyl groups excluding tert-OH is 6. The molecule has 2 unspecified atom stereocenters. The zero-order valence-corrected chi connectivity index (χ0v) is 32.0. The van der Waals surface area contributed by atoms with Crippen molar-refractivity contribution in [3.63, 3.8) is 0 Å². The summed E-state index contributed by atoms with van der Waals surface area (Å²) in [6, 6.07) is 0. The molecule has 2 heterocycles. The number of ether oxygens (including phenoxy) is 4. The van der Waals surface area contributed by atoms with Gasteiger partial charge in [-0.1, -0.05) is 60.1 Å². The predicted molar refractivity (Wildman–Crippen MR) is 187 cm³/mol. The van der Waals surface area contributed by atoms with Crippen molar-refractivity contribution in [2.75, 3.05) is 13.2 Å². The molecule has 7 N–H and O–H groups in total. The Bertz CT molecular complexity index is 1420. The van der Waals surface area contributed by atoms with Crippen LogP contribution in [0.15, 0.2) is 11.6 Å². The highest BCUT2D eigenvalue weighted by Crippen LogP contribution is 2.76. The molecule has 0 aromatic heterocycles. The maximum Gasteiger partial charge on any atom is 0.310 e. The molecule has 7 aliphatic rings. The van der Waals surface area contributed by atoms with E-state index in [-0.39, 0.29) is 39.4 Å². The lowest BCUT2D eigenvalue weighted by molar-refractivity contribution is -0.314. The highest BCUT2D eigenvalue weighted by atomic mass is 16.7. The molecular weight excluding hydrogens is 672 g/mol. The molecule has 2 aliphatic heterocycles. The number of aliphatic hydroxyl groups is 6. The summed E-state index contributed by atoms with van der Waals surface area (Å²) in [6.07, 6.45) is -1.89. The molecule has 12 heteroatoms. The van der Waals surface area contributed by atoms with Gasteiger partial charge in [0.25, 0.3) is 0 Å². The fourth-order valence-electron chi connectivity index (χ4n) is 13.4. The van der Waals surface area contributed by atoms with E-state index in [1.54, 1.807) is 0 Å². The Labute approximate surface area is 307 Å². The van der Waals surface area contributed by atoms with E-state index in [1.165, 1.54) is 5.57 Å². The lowest BCUT2D eigenvalue weighted by atomic mass is 9.33. The summed E-state index contributed by atoms with van der Waals surface area (Å²) in [6.45, 7) is 15.0. The Morgan fingerprint density at radius 3 is 1.90 bits per heavy atom. The molecule has 4 saturated carbocycles. The van der Waals surface area contributed by atoms with Crippen molar-refractivity contribution in [2.45, 2.75) is 168 Å². The minimum absolute atomic E-state index is 0.00435. The van der Waals surface area contributed by atoms with Crippen LogP contribution in [-0.2, 0) is 23.7 Å². The van der Waals surface area contributed by atoms with Crippen molar-refractivity contribution < 1.29 is 59.5 Å². The van der Waals surface area contributed by atoms with E-state index in [9.17, 15) is 40.5 Å². The van der Waals surface area contributed by atoms with Gasteiger partial charge < -0.3 is 54.7 Å². The molecule has 52 heavy (non-hydrogen) atoms. The van der Waals surface area contributed by atoms with Gasteiger partial charge in [-0.15, -0.1) is 0 Å². The second-order valence-corrected chi connectivity index (χ2v) is 19.8. The van der Waals surface area contributed by atoms with Crippen molar-refractivity contribution in [1.82, 2.24) is 0 Å². The quantitative estimate of drug-likeness (QED) is 0.189. The summed E-state index contributed by atoms with van der Waals surface area (Å²) in [5, 5.41) is 73.5. The summed E-state index contributed by atoms with van der Waals surface area (Å²) in [5.41, 5.74) is -0.573. The van der Waals surface area contributed by atoms with Crippen LogP contribution in [0.4, 0.5) is 0 Å². The van der Waals surface area contributed by atoms with Crippen molar-refractivity contribution >= 4 is 5.97 Å². The number of carbonyl (C=O) groups is 1. The minimum Gasteiger partial charge on any atom is -0.481 e. The van der Waals surface area contributed by atoms with Gasteiger partial charge in [0, 0.05) is 0 Å². The Hall–Kier alpha value is -1.19. The van der Waals surface area contributed by atoms with Crippen molar-refractivity contribution in [3.05, 3.63) is 11.6 Å². The molecule has 17 atom stereocenters. The Morgan fingerprint density at radius 1 is 0.769 bits per heavy atom. The first-order valence-corrected chi connectivity index (χ1v) is 19.7. The molecular formula is C40H64O12. The number of carboxylic acid groups (broad SMARTS) is 1. The van der Waals surface area contributed by atoms with E-state index >= 15 is 0 Å². The normalized spacial score (nSPS) is 53.6. The Balaban J connectivity index is 1.26. The molecule has 7 rings (SSSR count). The molecule has 0 spiro atoms. The average molecular weight is 737 g/mol. The van der Waals surface area contributed by atoms with Crippen LogP contribution in [0.25, 0.3) is 0 Å². The predicted octanol–water partition coefficient (Wildman–Crippen LogP) is 3.13. The molecule has 0 radical (unpaired) electrons. The maximum absolute atomic E-state index is 13.1. The molecule has 0 amide bonds. The number of hydrogen-bond acceptors (Lipinski definition) is 11. The van der Waals surface area contributed by atoms with Crippen LogP contribution in [0.3, 0.4) is 0 Å². The van der Waals surface area contributed by atoms with Gasteiger partial charge in [0.15, 0.2) is 12.6 Å². The summed E-state index contributed by atoms with van der Waals surface area (Å²) in [7, 11) is 0. The van der Waals surface area contributed by atoms with Crippen LogP contribution in [0, 0.1) is 50.2 Å². The van der Waals surface area contributed by atoms with Crippen LogP contribution in [0.5, 0.6) is 0 Å². The largest absolute Gasteiger partial charge is 0.481 e. The summed E-state index contributed by atoms with van der Waals surface area (Å²) in [4.78, 5) is 13.1. The van der Waals surface area contributed by atoms with Crippen molar-refractivity contribution in [1.29, 1.82) is 0 Å². The minimum atomic E-state index is -1.41. The highest BCUT2D eigenvalue weighted by Gasteiger charge is 2.71. The lowest BCUT2D eigenvalue weighted by Gasteiger charge is -2.72. The number of fused-ring (bicyclic) bond motifs is 7. The molecule has 2 saturated heterocycles. The number of hydrogen-bond donors (Lipinski definition) is 7. The monoisotopic (exact) mass is 736 g/mol. The third-order valence-electron chi connectivity index (χ3n) is 16.5. The SMILES string of the molecule is CC1(C)CC[C@]2(C(=O)O)CC[C@]3(C)C(=CC[C@@H]4[C@@]5(C)C[C@@H](OC6O[C@H](CO)[C@@H](O)[C@H]6O)[C@H](OC6O[C@H](CO)[C@@H](O)[C@H]6O)C(C)(C)[C@@H]5CC[C@]43C)[C@@H]2C1. The Morgan fingerprint density at radius 2 is 1.35 bits per heavy atom. The van der Waals surface area contributed by atoms with Gasteiger partial charge in [-0.2, -0.15) is 0 Å². The smallest absolute Gasteiger partial charge is 0.310 e. The first-order valence-electron chi connectivity index (χ1n) is 19.7. The molecule has 12 nitrogen and oxygen atoms in total. The average Bonchev–Trinajstić information content (AvgIpc) is 3.50. The molecule has 0 aromatic rings. The van der Waals surface area contributed by atoms with Gasteiger partial charge in [-0.25, -0.2) is 0 Å². The molecule has 0 bridgehead atoms. The van der Waals surface area contributed by atoms with Crippen molar-refractivity contribution in [3.8, 4) is 0 Å². The van der Waals surface area contributed by atoms with Crippen LogP contribution in [0.2, 0.25) is 0 Å². The fraction of sp³-hybridized carbons (Fsp3) is 0.925. The van der Waals surface area contributed by atoms with Gasteiger partial charge in [-0.3, -0.25) is 4.79 Å². The zero-order valence-electron chi connectivity index (χ0n) is 32.0. The second-order valence-electron chi connectivity index (χ2n) is 19.8. The van der Waals surface area contributed by atoms with Crippen molar-refractivity contribution in [2.24, 2.45) is 50.2 Å². The van der Waals surface area contributed by atoms with E-state index < -0.39 is 91.4 Å². The Kier molecular flexibility index (Phi) is 9.71. The topological polar surface area (TPSA) is 196 Å². The van der Waals surface area contributed by atoms with E-state index in [1.807, 2.05) is 0 Å². The van der Waals surface area contributed by atoms with Crippen LogP contribution in [-0.4, -0.2) is 116 Å². The zero-order chi connectivity index (χ0) is 38.0. The summed E-state index contributed by atoms with van der Waals surface area (Å²) in [5.74, 6) is -0.334. The highest BCUT2D eigenvalue weighted by molar-refractivity contribution is 5.76. The third-order valence-corrected chi connectivity index (χ3v) is 16.5.